The zero-order chi connectivity index (χ0) is 21.6. The lowest BCUT2D eigenvalue weighted by Gasteiger charge is -2.29. The van der Waals surface area contributed by atoms with Gasteiger partial charge in [0.05, 0.1) is 4.90 Å². The van der Waals surface area contributed by atoms with Gasteiger partial charge in [0.2, 0.25) is 15.9 Å². The van der Waals surface area contributed by atoms with E-state index in [1.807, 2.05) is 24.8 Å². The normalized spacial score (nSPS) is 18.3. The lowest BCUT2D eigenvalue weighted by Crippen LogP contribution is -2.47. The van der Waals surface area contributed by atoms with Gasteiger partial charge in [-0.2, -0.15) is 4.31 Å². The number of carbonyl (C=O) groups is 1. The minimum absolute atomic E-state index is 0.0383. The second kappa shape index (κ2) is 10.7. The van der Waals surface area contributed by atoms with Crippen molar-refractivity contribution in [2.45, 2.75) is 44.4 Å². The van der Waals surface area contributed by atoms with Gasteiger partial charge in [-0.3, -0.25) is 4.79 Å². The highest BCUT2D eigenvalue weighted by atomic mass is 32.2. The summed E-state index contributed by atoms with van der Waals surface area (Å²) < 4.78 is 28.3. The minimum atomic E-state index is -3.63. The molecule has 0 aromatic heterocycles. The number of carbonyl (C=O) groups excluding carboxylic acids is 1. The third kappa shape index (κ3) is 6.03. The van der Waals surface area contributed by atoms with Gasteiger partial charge in [-0.1, -0.05) is 6.07 Å². The first-order valence-corrected chi connectivity index (χ1v) is 12.6. The summed E-state index contributed by atoms with van der Waals surface area (Å²) >= 11 is 0. The van der Waals surface area contributed by atoms with Crippen LogP contribution in [0.25, 0.3) is 0 Å². The molecule has 1 amide bonds. The fourth-order valence-electron chi connectivity index (χ4n) is 4.15. The van der Waals surface area contributed by atoms with Gasteiger partial charge in [0, 0.05) is 45.7 Å². The van der Waals surface area contributed by atoms with Gasteiger partial charge in [-0.25, -0.2) is 8.42 Å². The van der Waals surface area contributed by atoms with Crippen LogP contribution in [0.15, 0.2) is 23.1 Å². The SMILES string of the molecule is Cc1ccc(S(=O)(=O)N(CCCN2CCCC2)CCC(=O)N2CCNCC2)cc1C. The molecule has 2 saturated heterocycles. The second-order valence-electron chi connectivity index (χ2n) is 8.43. The van der Waals surface area contributed by atoms with Crippen LogP contribution in [-0.4, -0.2) is 87.3 Å². The van der Waals surface area contributed by atoms with E-state index in [2.05, 4.69) is 10.2 Å². The minimum Gasteiger partial charge on any atom is -0.340 e. The number of benzene rings is 1. The summed E-state index contributed by atoms with van der Waals surface area (Å²) in [6, 6.07) is 5.29. The molecule has 0 bridgehead atoms. The van der Waals surface area contributed by atoms with Crippen LogP contribution in [0, 0.1) is 13.8 Å². The highest BCUT2D eigenvalue weighted by Gasteiger charge is 2.27. The Balaban J connectivity index is 1.68. The summed E-state index contributed by atoms with van der Waals surface area (Å²) in [7, 11) is -3.63. The fraction of sp³-hybridized carbons (Fsp3) is 0.682. The van der Waals surface area contributed by atoms with Gasteiger partial charge in [-0.15, -0.1) is 0 Å². The van der Waals surface area contributed by atoms with E-state index in [9.17, 15) is 13.2 Å². The van der Waals surface area contributed by atoms with Crippen molar-refractivity contribution in [1.82, 2.24) is 19.4 Å². The average Bonchev–Trinajstić information content (AvgIpc) is 3.26. The predicted molar refractivity (Wildman–Crippen MR) is 119 cm³/mol. The Morgan fingerprint density at radius 1 is 1.03 bits per heavy atom. The predicted octanol–water partition coefficient (Wildman–Crippen LogP) is 1.60. The highest BCUT2D eigenvalue weighted by Crippen LogP contribution is 2.20. The van der Waals surface area contributed by atoms with Gasteiger partial charge in [0.15, 0.2) is 0 Å². The van der Waals surface area contributed by atoms with Gasteiger partial charge in [-0.05, 0) is 76.0 Å². The zero-order valence-corrected chi connectivity index (χ0v) is 19.2. The van der Waals surface area contributed by atoms with Crippen LogP contribution in [0.3, 0.4) is 0 Å². The van der Waals surface area contributed by atoms with Gasteiger partial charge < -0.3 is 15.1 Å². The molecule has 0 aliphatic carbocycles. The van der Waals surface area contributed by atoms with Crippen molar-refractivity contribution < 1.29 is 13.2 Å². The van der Waals surface area contributed by atoms with E-state index in [4.69, 9.17) is 0 Å². The molecule has 2 heterocycles. The van der Waals surface area contributed by atoms with E-state index >= 15 is 0 Å². The van der Waals surface area contributed by atoms with Crippen molar-refractivity contribution in [2.24, 2.45) is 0 Å². The maximum atomic E-state index is 13.4. The molecule has 0 radical (unpaired) electrons. The quantitative estimate of drug-likeness (QED) is 0.637. The Bertz CT molecular complexity index is 816. The third-order valence-corrected chi connectivity index (χ3v) is 8.14. The smallest absolute Gasteiger partial charge is 0.243 e. The van der Waals surface area contributed by atoms with E-state index in [1.54, 1.807) is 12.1 Å². The van der Waals surface area contributed by atoms with Gasteiger partial charge in [0.25, 0.3) is 0 Å². The Hall–Kier alpha value is -1.48. The Morgan fingerprint density at radius 3 is 2.40 bits per heavy atom. The highest BCUT2D eigenvalue weighted by molar-refractivity contribution is 7.89. The molecule has 1 aromatic rings. The summed E-state index contributed by atoms with van der Waals surface area (Å²) in [5.74, 6) is 0.0383. The number of aryl methyl sites for hydroxylation is 2. The molecular formula is C22H36N4O3S. The molecule has 0 spiro atoms. The Labute approximate surface area is 181 Å². The molecule has 0 unspecified atom stereocenters. The summed E-state index contributed by atoms with van der Waals surface area (Å²) in [6.07, 6.45) is 3.47. The largest absolute Gasteiger partial charge is 0.340 e. The molecule has 30 heavy (non-hydrogen) atoms. The van der Waals surface area contributed by atoms with Crippen LogP contribution in [0.4, 0.5) is 0 Å². The maximum absolute atomic E-state index is 13.4. The average molecular weight is 437 g/mol. The molecule has 1 N–H and O–H groups in total. The van der Waals surface area contributed by atoms with Crippen LogP contribution in [0.1, 0.15) is 36.8 Å². The van der Waals surface area contributed by atoms with Crippen LogP contribution in [0.5, 0.6) is 0 Å². The van der Waals surface area contributed by atoms with Crippen molar-refractivity contribution >= 4 is 15.9 Å². The lowest BCUT2D eigenvalue weighted by atomic mass is 10.1. The van der Waals surface area contributed by atoms with Gasteiger partial charge in [0.1, 0.15) is 0 Å². The monoisotopic (exact) mass is 436 g/mol. The van der Waals surface area contributed by atoms with E-state index < -0.39 is 10.0 Å². The number of nitrogens with one attached hydrogen (secondary N) is 1. The number of likely N-dealkylation sites (tertiary alicyclic amines) is 1. The first-order chi connectivity index (χ1) is 14.4. The molecule has 168 valence electrons. The number of nitrogens with zero attached hydrogens (tertiary/aromatic N) is 3. The molecule has 1 aromatic carbocycles. The van der Waals surface area contributed by atoms with Crippen LogP contribution in [0.2, 0.25) is 0 Å². The number of hydrogen-bond acceptors (Lipinski definition) is 5. The number of hydrogen-bond donors (Lipinski definition) is 1. The third-order valence-electron chi connectivity index (χ3n) is 6.24. The molecule has 2 fully saturated rings. The fourth-order valence-corrected chi connectivity index (χ4v) is 5.71. The van der Waals surface area contributed by atoms with E-state index in [1.165, 1.54) is 17.1 Å². The molecule has 2 aliphatic heterocycles. The number of rotatable bonds is 9. The second-order valence-corrected chi connectivity index (χ2v) is 10.4. The summed E-state index contributed by atoms with van der Waals surface area (Å²) in [6.45, 7) is 10.7. The molecule has 2 aliphatic rings. The summed E-state index contributed by atoms with van der Waals surface area (Å²) in [5, 5.41) is 3.24. The molecular weight excluding hydrogens is 400 g/mol. The standard InChI is InChI=1S/C22H36N4O3S/c1-19-6-7-21(18-20(19)2)30(28,29)26(14-5-13-24-11-3-4-12-24)15-8-22(27)25-16-9-23-10-17-25/h6-7,18,23H,3-5,8-17H2,1-2H3. The number of amides is 1. The molecule has 0 saturated carbocycles. The topological polar surface area (TPSA) is 73.0 Å². The Kier molecular flexibility index (Phi) is 8.27. The zero-order valence-electron chi connectivity index (χ0n) is 18.4. The van der Waals surface area contributed by atoms with E-state index in [0.29, 0.717) is 24.5 Å². The van der Waals surface area contributed by atoms with Crippen molar-refractivity contribution in [3.05, 3.63) is 29.3 Å². The van der Waals surface area contributed by atoms with Crippen molar-refractivity contribution in [3.8, 4) is 0 Å². The van der Waals surface area contributed by atoms with Crippen LogP contribution < -0.4 is 5.32 Å². The summed E-state index contributed by atoms with van der Waals surface area (Å²) in [4.78, 5) is 17.2. The van der Waals surface area contributed by atoms with E-state index in [0.717, 1.165) is 50.3 Å². The first-order valence-electron chi connectivity index (χ1n) is 11.2. The lowest BCUT2D eigenvalue weighted by molar-refractivity contribution is -0.131. The number of piperazine rings is 1. The van der Waals surface area contributed by atoms with Crippen LogP contribution >= 0.6 is 0 Å². The Morgan fingerprint density at radius 2 is 1.73 bits per heavy atom. The first kappa shape index (κ1) is 23.2. The van der Waals surface area contributed by atoms with Crippen molar-refractivity contribution in [2.75, 3.05) is 58.9 Å². The van der Waals surface area contributed by atoms with Crippen molar-refractivity contribution in [3.63, 3.8) is 0 Å². The van der Waals surface area contributed by atoms with E-state index in [-0.39, 0.29) is 18.9 Å². The molecule has 3 rings (SSSR count). The summed E-state index contributed by atoms with van der Waals surface area (Å²) in [5.41, 5.74) is 2.04. The van der Waals surface area contributed by atoms with Crippen molar-refractivity contribution in [1.29, 1.82) is 0 Å². The van der Waals surface area contributed by atoms with Gasteiger partial charge >= 0.3 is 0 Å². The van der Waals surface area contributed by atoms with Crippen LogP contribution in [-0.2, 0) is 14.8 Å². The maximum Gasteiger partial charge on any atom is 0.243 e. The molecule has 8 heteroatoms. The molecule has 0 atom stereocenters. The molecule has 7 nitrogen and oxygen atoms in total. The number of sulfonamides is 1.